The van der Waals surface area contributed by atoms with Crippen molar-refractivity contribution in [3.63, 3.8) is 0 Å². The van der Waals surface area contributed by atoms with Crippen LogP contribution in [0.5, 0.6) is 0 Å². The van der Waals surface area contributed by atoms with E-state index in [1.165, 1.54) is 5.56 Å². The quantitative estimate of drug-likeness (QED) is 0.620. The summed E-state index contributed by atoms with van der Waals surface area (Å²) in [7, 11) is 0. The maximum Gasteiger partial charge on any atom is 0.0560 e. The number of hydrogen-bond donors (Lipinski definition) is 2. The van der Waals surface area contributed by atoms with Gasteiger partial charge in [0.2, 0.25) is 0 Å². The summed E-state index contributed by atoms with van der Waals surface area (Å²) in [6, 6.07) is 23.0. The Morgan fingerprint density at radius 1 is 0.667 bits per heavy atom. The molecule has 0 aromatic heterocycles. The Morgan fingerprint density at radius 3 is 1.92 bits per heavy atom. The van der Waals surface area contributed by atoms with E-state index in [0.29, 0.717) is 11.4 Å². The first-order chi connectivity index (χ1) is 11.6. The van der Waals surface area contributed by atoms with Crippen LogP contribution in [-0.2, 0) is 0 Å². The van der Waals surface area contributed by atoms with Crippen LogP contribution in [0.2, 0.25) is 0 Å². The molecule has 0 saturated heterocycles. The van der Waals surface area contributed by atoms with Crippen LogP contribution in [-0.4, -0.2) is 0 Å². The molecular weight excluding hydrogens is 298 g/mol. The van der Waals surface area contributed by atoms with Crippen molar-refractivity contribution >= 4 is 22.7 Å². The first kappa shape index (κ1) is 15.9. The lowest BCUT2D eigenvalue weighted by Gasteiger charge is -2.31. The molecule has 0 unspecified atom stereocenters. The van der Waals surface area contributed by atoms with Crippen LogP contribution in [0.4, 0.5) is 22.7 Å². The van der Waals surface area contributed by atoms with E-state index in [-0.39, 0.29) is 0 Å². The fourth-order valence-electron chi connectivity index (χ4n) is 2.32. The van der Waals surface area contributed by atoms with Crippen LogP contribution in [0, 0.1) is 19.1 Å². The fourth-order valence-corrected chi connectivity index (χ4v) is 2.32. The van der Waals surface area contributed by atoms with E-state index in [1.54, 1.807) is 6.07 Å². The highest BCUT2D eigenvalue weighted by molar-refractivity contribution is 5.68. The summed E-state index contributed by atoms with van der Waals surface area (Å²) in [6.45, 7) is 4.05. The normalized spacial score (nSPS) is 10.3. The third-order valence-corrected chi connectivity index (χ3v) is 3.75. The minimum absolute atomic E-state index is 0.578. The SMILES string of the molecule is Cc1ccc(NNc2cccc(N([O-])c3ccc(C)cc3)c2)cc1. The third-order valence-electron chi connectivity index (χ3n) is 3.75. The predicted molar refractivity (Wildman–Crippen MR) is 102 cm³/mol. The number of nitrogens with one attached hydrogen (secondary N) is 2. The average molecular weight is 318 g/mol. The van der Waals surface area contributed by atoms with E-state index < -0.39 is 0 Å². The van der Waals surface area contributed by atoms with Gasteiger partial charge in [-0.3, -0.25) is 0 Å². The zero-order chi connectivity index (χ0) is 16.9. The molecule has 0 bridgehead atoms. The summed E-state index contributed by atoms with van der Waals surface area (Å²) in [5.74, 6) is 0. The van der Waals surface area contributed by atoms with Crippen molar-refractivity contribution in [3.8, 4) is 0 Å². The van der Waals surface area contributed by atoms with Gasteiger partial charge in [0, 0.05) is 11.4 Å². The second-order valence-electron chi connectivity index (χ2n) is 5.80. The van der Waals surface area contributed by atoms with Crippen LogP contribution < -0.4 is 15.9 Å². The standard InChI is InChI=1S/C20H20N3O/c1-15-6-10-17(11-7-15)21-22-18-4-3-5-20(14-18)23(24)19-12-8-16(2)9-13-19/h3-14,21-22H,1-2H3/q-1. The molecule has 0 saturated carbocycles. The number of nitrogens with zero attached hydrogens (tertiary/aromatic N) is 1. The topological polar surface area (TPSA) is 50.4 Å². The molecule has 0 atom stereocenters. The lowest BCUT2D eigenvalue weighted by Crippen LogP contribution is -2.10. The monoisotopic (exact) mass is 318 g/mol. The van der Waals surface area contributed by atoms with Gasteiger partial charge in [-0.2, -0.15) is 0 Å². The second kappa shape index (κ2) is 7.06. The molecule has 3 rings (SSSR count). The molecule has 4 nitrogen and oxygen atoms in total. The van der Waals surface area contributed by atoms with Crippen LogP contribution >= 0.6 is 0 Å². The Bertz CT molecular complexity index is 798. The van der Waals surface area contributed by atoms with Gasteiger partial charge in [0.1, 0.15) is 0 Å². The molecule has 0 fully saturated rings. The van der Waals surface area contributed by atoms with Gasteiger partial charge >= 0.3 is 0 Å². The molecule has 0 amide bonds. The van der Waals surface area contributed by atoms with E-state index in [4.69, 9.17) is 0 Å². The Morgan fingerprint density at radius 2 is 1.25 bits per heavy atom. The van der Waals surface area contributed by atoms with Crippen LogP contribution in [0.1, 0.15) is 11.1 Å². The van der Waals surface area contributed by atoms with Gasteiger partial charge in [0.25, 0.3) is 0 Å². The summed E-state index contributed by atoms with van der Waals surface area (Å²) in [5.41, 5.74) is 11.6. The summed E-state index contributed by atoms with van der Waals surface area (Å²) in [6.07, 6.45) is 0. The zero-order valence-corrected chi connectivity index (χ0v) is 13.8. The number of hydrazine groups is 1. The Labute approximate surface area is 142 Å². The molecule has 122 valence electrons. The third kappa shape index (κ3) is 3.86. The van der Waals surface area contributed by atoms with Gasteiger partial charge in [-0.15, -0.1) is 0 Å². The maximum atomic E-state index is 12.5. The van der Waals surface area contributed by atoms with E-state index in [9.17, 15) is 5.21 Å². The summed E-state index contributed by atoms with van der Waals surface area (Å²) in [5, 5.41) is 13.4. The number of aryl methyl sites for hydroxylation is 2. The molecule has 3 aromatic rings. The molecule has 0 aliphatic carbocycles. The van der Waals surface area contributed by atoms with Gasteiger partial charge in [0.15, 0.2) is 0 Å². The number of benzene rings is 3. The van der Waals surface area contributed by atoms with Crippen molar-refractivity contribution in [2.24, 2.45) is 0 Å². The van der Waals surface area contributed by atoms with Gasteiger partial charge in [-0.05, 0) is 56.3 Å². The number of anilines is 4. The average Bonchev–Trinajstić information content (AvgIpc) is 2.61. The van der Waals surface area contributed by atoms with Gasteiger partial charge in [-0.1, -0.05) is 41.5 Å². The van der Waals surface area contributed by atoms with Crippen molar-refractivity contribution in [2.45, 2.75) is 13.8 Å². The smallest absolute Gasteiger partial charge is 0.0560 e. The summed E-state index contributed by atoms with van der Waals surface area (Å²) >= 11 is 0. The highest BCUT2D eigenvalue weighted by atomic mass is 16.5. The van der Waals surface area contributed by atoms with E-state index >= 15 is 0 Å². The molecule has 2 N–H and O–H groups in total. The Balaban J connectivity index is 1.71. The molecule has 0 spiro atoms. The zero-order valence-electron chi connectivity index (χ0n) is 13.8. The van der Waals surface area contributed by atoms with Crippen molar-refractivity contribution < 1.29 is 0 Å². The first-order valence-electron chi connectivity index (χ1n) is 7.84. The molecule has 0 radical (unpaired) electrons. The Hall–Kier alpha value is -2.98. The molecule has 4 heteroatoms. The van der Waals surface area contributed by atoms with Gasteiger partial charge in [0.05, 0.1) is 11.4 Å². The van der Waals surface area contributed by atoms with Crippen LogP contribution in [0.15, 0.2) is 72.8 Å². The molecule has 0 aliphatic heterocycles. The van der Waals surface area contributed by atoms with Crippen LogP contribution in [0.3, 0.4) is 0 Å². The number of rotatable bonds is 5. The second-order valence-corrected chi connectivity index (χ2v) is 5.80. The van der Waals surface area contributed by atoms with Crippen molar-refractivity contribution in [2.75, 3.05) is 15.9 Å². The lowest BCUT2D eigenvalue weighted by atomic mass is 10.2. The minimum Gasteiger partial charge on any atom is -0.754 e. The van der Waals surface area contributed by atoms with Crippen molar-refractivity contribution in [1.82, 2.24) is 0 Å². The molecule has 3 aromatic carbocycles. The van der Waals surface area contributed by atoms with E-state index in [1.807, 2.05) is 73.7 Å². The van der Waals surface area contributed by atoms with Crippen molar-refractivity contribution in [3.05, 3.63) is 89.1 Å². The highest BCUT2D eigenvalue weighted by Gasteiger charge is 2.01. The minimum atomic E-state index is 0.578. The van der Waals surface area contributed by atoms with Crippen molar-refractivity contribution in [1.29, 1.82) is 0 Å². The first-order valence-corrected chi connectivity index (χ1v) is 7.84. The summed E-state index contributed by atoms with van der Waals surface area (Å²) < 4.78 is 0. The number of hydrogen-bond acceptors (Lipinski definition) is 4. The van der Waals surface area contributed by atoms with E-state index in [2.05, 4.69) is 17.8 Å². The lowest BCUT2D eigenvalue weighted by molar-refractivity contribution is 1.28. The van der Waals surface area contributed by atoms with Gasteiger partial charge < -0.3 is 21.1 Å². The fraction of sp³-hybridized carbons (Fsp3) is 0.100. The summed E-state index contributed by atoms with van der Waals surface area (Å²) in [4.78, 5) is 0. The maximum absolute atomic E-state index is 12.5. The molecular formula is C20H20N3O-. The Kier molecular flexibility index (Phi) is 4.68. The predicted octanol–water partition coefficient (Wildman–Crippen LogP) is 5.38. The molecule has 24 heavy (non-hydrogen) atoms. The van der Waals surface area contributed by atoms with Crippen LogP contribution in [0.25, 0.3) is 0 Å². The van der Waals surface area contributed by atoms with E-state index in [0.717, 1.165) is 22.0 Å². The molecule has 0 heterocycles. The largest absolute Gasteiger partial charge is 0.754 e. The highest BCUT2D eigenvalue weighted by Crippen LogP contribution is 2.26. The van der Waals surface area contributed by atoms with Gasteiger partial charge in [-0.25, -0.2) is 0 Å². The molecule has 0 aliphatic rings.